The van der Waals surface area contributed by atoms with Crippen molar-refractivity contribution in [2.24, 2.45) is 5.92 Å². The van der Waals surface area contributed by atoms with E-state index in [4.69, 9.17) is 36.9 Å². The number of carbonyl (C=O) groups excluding carboxylic acids is 1. The Morgan fingerprint density at radius 1 is 1.07 bits per heavy atom. The van der Waals surface area contributed by atoms with E-state index in [0.29, 0.717) is 23.7 Å². The molecule has 1 heterocycles. The summed E-state index contributed by atoms with van der Waals surface area (Å²) in [6, 6.07) is 7.42. The molecule has 1 atom stereocenters. The molecular formula is C26H23Cl2F2NO8S. The molecule has 14 heteroatoms. The minimum atomic E-state index is -4.01. The molecule has 0 unspecified atom stereocenters. The molecule has 1 N–H and O–H groups in total. The number of nitrogens with zero attached hydrogens (tertiary/aromatic N) is 1. The Balaban J connectivity index is 1.69. The number of hydrogen-bond acceptors (Lipinski definition) is 9. The maximum absolute atomic E-state index is 13.2. The molecule has 214 valence electrons. The van der Waals surface area contributed by atoms with E-state index in [9.17, 15) is 27.1 Å². The van der Waals surface area contributed by atoms with Crippen molar-refractivity contribution in [3.8, 4) is 23.0 Å². The molecule has 4 rings (SSSR count). The monoisotopic (exact) mass is 617 g/mol. The first-order valence-electron chi connectivity index (χ1n) is 11.8. The molecule has 1 aromatic heterocycles. The Bertz CT molecular complexity index is 1480. The van der Waals surface area contributed by atoms with E-state index in [0.717, 1.165) is 31.2 Å². The zero-order valence-corrected chi connectivity index (χ0v) is 23.2. The molecule has 1 fully saturated rings. The smallest absolute Gasteiger partial charge is 0.387 e. The second kappa shape index (κ2) is 12.4. The van der Waals surface area contributed by atoms with Crippen LogP contribution in [0.5, 0.6) is 23.0 Å². The summed E-state index contributed by atoms with van der Waals surface area (Å²) in [6.07, 6.45) is 4.29. The minimum Gasteiger partial charge on any atom is -0.504 e. The maximum Gasteiger partial charge on any atom is 0.387 e. The molecule has 1 aliphatic carbocycles. The molecule has 2 aromatic carbocycles. The third-order valence-corrected chi connectivity index (χ3v) is 6.89. The second-order valence-electron chi connectivity index (χ2n) is 8.99. The number of esters is 1. The van der Waals surface area contributed by atoms with E-state index in [1.807, 2.05) is 0 Å². The quantitative estimate of drug-likeness (QED) is 0.194. The topological polar surface area (TPSA) is 121 Å². The fourth-order valence-electron chi connectivity index (χ4n) is 3.64. The first kappa shape index (κ1) is 29.6. The Morgan fingerprint density at radius 2 is 1.77 bits per heavy atom. The highest BCUT2D eigenvalue weighted by atomic mass is 35.5. The number of halogens is 4. The van der Waals surface area contributed by atoms with Gasteiger partial charge in [0.05, 0.1) is 28.5 Å². The molecule has 9 nitrogen and oxygen atoms in total. The number of carbonyl (C=O) groups is 1. The maximum atomic E-state index is 13.2. The van der Waals surface area contributed by atoms with Crippen LogP contribution in [0.4, 0.5) is 8.78 Å². The van der Waals surface area contributed by atoms with Crippen LogP contribution in [0.25, 0.3) is 0 Å². The van der Waals surface area contributed by atoms with Gasteiger partial charge >= 0.3 is 22.7 Å². The normalized spacial score (nSPS) is 14.1. The molecule has 3 aromatic rings. The van der Waals surface area contributed by atoms with Gasteiger partial charge in [0.2, 0.25) is 0 Å². The van der Waals surface area contributed by atoms with Crippen LogP contribution in [0, 0.1) is 5.92 Å². The van der Waals surface area contributed by atoms with Crippen LogP contribution in [-0.2, 0) is 21.3 Å². The molecule has 0 bridgehead atoms. The van der Waals surface area contributed by atoms with Crippen LogP contribution in [0.2, 0.25) is 10.0 Å². The lowest BCUT2D eigenvalue weighted by molar-refractivity contribution is -0.0515. The lowest BCUT2D eigenvalue weighted by Crippen LogP contribution is -2.16. The number of hydrogen-bond donors (Lipinski definition) is 1. The number of aromatic hydroxyl groups is 1. The lowest BCUT2D eigenvalue weighted by Gasteiger charge is -2.22. The number of alkyl halides is 2. The SMILES string of the molecule is CS(=O)(=O)Oc1cc(C(=O)O[C@@H](Cc2c(Cl)cncc2Cl)c2ccc(OC(F)F)c(OCC3CC3)c2)ccc1O. The van der Waals surface area contributed by atoms with E-state index < -0.39 is 40.3 Å². The van der Waals surface area contributed by atoms with Crippen molar-refractivity contribution in [1.82, 2.24) is 4.98 Å². The average molecular weight is 618 g/mol. The lowest BCUT2D eigenvalue weighted by atomic mass is 10.0. The summed E-state index contributed by atoms with van der Waals surface area (Å²) in [5.74, 6) is -1.75. The number of aromatic nitrogens is 1. The van der Waals surface area contributed by atoms with Gasteiger partial charge in [0.1, 0.15) is 6.10 Å². The fourth-order valence-corrected chi connectivity index (χ4v) is 4.62. The van der Waals surface area contributed by atoms with Crippen molar-refractivity contribution in [2.75, 3.05) is 12.9 Å². The molecule has 0 aliphatic heterocycles. The van der Waals surface area contributed by atoms with Crippen molar-refractivity contribution in [1.29, 1.82) is 0 Å². The average Bonchev–Trinajstić information content (AvgIpc) is 3.70. The zero-order valence-electron chi connectivity index (χ0n) is 20.9. The second-order valence-corrected chi connectivity index (χ2v) is 11.4. The fraction of sp³-hybridized carbons (Fsp3) is 0.308. The molecule has 0 radical (unpaired) electrons. The summed E-state index contributed by atoms with van der Waals surface area (Å²) >= 11 is 12.6. The van der Waals surface area contributed by atoms with Crippen LogP contribution >= 0.6 is 23.2 Å². The van der Waals surface area contributed by atoms with Crippen LogP contribution in [0.3, 0.4) is 0 Å². The molecule has 1 aliphatic rings. The first-order valence-corrected chi connectivity index (χ1v) is 14.4. The molecule has 0 saturated heterocycles. The molecule has 40 heavy (non-hydrogen) atoms. The van der Waals surface area contributed by atoms with E-state index in [2.05, 4.69) is 9.72 Å². The third kappa shape index (κ3) is 8.09. The van der Waals surface area contributed by atoms with Gasteiger partial charge in [0, 0.05) is 24.9 Å². The highest BCUT2D eigenvalue weighted by Gasteiger charge is 2.26. The van der Waals surface area contributed by atoms with Crippen molar-refractivity contribution in [3.63, 3.8) is 0 Å². The van der Waals surface area contributed by atoms with E-state index >= 15 is 0 Å². The van der Waals surface area contributed by atoms with Crippen molar-refractivity contribution >= 4 is 39.3 Å². The number of ether oxygens (including phenoxy) is 3. The van der Waals surface area contributed by atoms with E-state index in [-0.39, 0.29) is 33.5 Å². The predicted octanol–water partition coefficient (Wildman–Crippen LogP) is 5.96. The Morgan fingerprint density at radius 3 is 2.40 bits per heavy atom. The summed E-state index contributed by atoms with van der Waals surface area (Å²) in [5, 5.41) is 10.4. The van der Waals surface area contributed by atoms with Crippen LogP contribution in [0.15, 0.2) is 48.8 Å². The Hall–Kier alpha value is -3.35. The number of benzene rings is 2. The van der Waals surface area contributed by atoms with Gasteiger partial charge in [0.25, 0.3) is 0 Å². The molecule has 0 spiro atoms. The number of phenols is 1. The number of pyridine rings is 1. The van der Waals surface area contributed by atoms with Crippen LogP contribution in [-0.4, -0.2) is 44.0 Å². The standard InChI is InChI=1S/C26H23Cl2F2NO8S/c1-40(34,35)39-23-9-16(4-6-20(23)32)25(33)37-22(10-17-18(27)11-31-12-19(17)28)15-5-7-21(38-26(29)30)24(8-15)36-13-14-2-3-14/h4-9,11-12,14,22,26,32H,2-3,10,13H2,1H3/t22-/m0/s1. The number of rotatable bonds is 12. The van der Waals surface area contributed by atoms with Crippen LogP contribution in [0.1, 0.15) is 40.4 Å². The molecular weight excluding hydrogens is 595 g/mol. The van der Waals surface area contributed by atoms with E-state index in [1.54, 1.807) is 0 Å². The third-order valence-electron chi connectivity index (χ3n) is 5.75. The highest BCUT2D eigenvalue weighted by Crippen LogP contribution is 2.38. The summed E-state index contributed by atoms with van der Waals surface area (Å²) < 4.78 is 70.0. The highest BCUT2D eigenvalue weighted by molar-refractivity contribution is 7.86. The van der Waals surface area contributed by atoms with Gasteiger partial charge < -0.3 is 23.5 Å². The van der Waals surface area contributed by atoms with Crippen molar-refractivity contribution in [3.05, 3.63) is 75.5 Å². The van der Waals surface area contributed by atoms with Crippen LogP contribution < -0.4 is 13.7 Å². The van der Waals surface area contributed by atoms with Crippen molar-refractivity contribution in [2.45, 2.75) is 32.0 Å². The van der Waals surface area contributed by atoms with Gasteiger partial charge in [-0.3, -0.25) is 4.98 Å². The Kier molecular flexibility index (Phi) is 9.22. The zero-order chi connectivity index (χ0) is 29.0. The van der Waals surface area contributed by atoms with E-state index in [1.165, 1.54) is 36.7 Å². The van der Waals surface area contributed by atoms with Gasteiger partial charge in [-0.05, 0) is 54.2 Å². The largest absolute Gasteiger partial charge is 0.504 e. The van der Waals surface area contributed by atoms with Gasteiger partial charge in [-0.2, -0.15) is 17.2 Å². The minimum absolute atomic E-state index is 0.0335. The van der Waals surface area contributed by atoms with Gasteiger partial charge in [-0.15, -0.1) is 0 Å². The number of phenolic OH excluding ortho intramolecular Hbond substituents is 1. The summed E-state index contributed by atoms with van der Waals surface area (Å²) in [6.45, 7) is -2.79. The van der Waals surface area contributed by atoms with Gasteiger partial charge in [-0.1, -0.05) is 29.3 Å². The molecule has 0 amide bonds. The first-order chi connectivity index (χ1) is 18.9. The molecule has 1 saturated carbocycles. The summed E-state index contributed by atoms with van der Waals surface area (Å²) in [4.78, 5) is 17.1. The van der Waals surface area contributed by atoms with Crippen molar-refractivity contribution < 1.29 is 45.5 Å². The summed E-state index contributed by atoms with van der Waals surface area (Å²) in [5.41, 5.74) is 0.601. The summed E-state index contributed by atoms with van der Waals surface area (Å²) in [7, 11) is -4.01. The van der Waals surface area contributed by atoms with Gasteiger partial charge in [0.15, 0.2) is 23.0 Å². The van der Waals surface area contributed by atoms with Gasteiger partial charge in [-0.25, -0.2) is 4.79 Å². The Labute approximate surface area is 238 Å². The predicted molar refractivity (Wildman–Crippen MR) is 141 cm³/mol.